The van der Waals surface area contributed by atoms with Crippen LogP contribution >= 0.6 is 11.6 Å². The van der Waals surface area contributed by atoms with Gasteiger partial charge in [-0.3, -0.25) is 9.59 Å². The van der Waals surface area contributed by atoms with Crippen LogP contribution < -0.4 is 20.1 Å². The second kappa shape index (κ2) is 11.4. The maximum Gasteiger partial charge on any atom is 0.573 e. The highest BCUT2D eigenvalue weighted by molar-refractivity contribution is 6.30. The molecule has 0 aliphatic carbocycles. The molecular formula is C22H20ClF3N4O4. The normalized spacial score (nSPS) is 11.1. The van der Waals surface area contributed by atoms with Gasteiger partial charge in [0.25, 0.3) is 11.8 Å². The number of carbonyl (C=O) groups excluding carboxylic acids is 2. The van der Waals surface area contributed by atoms with E-state index in [1.165, 1.54) is 18.3 Å². The number of aromatic amines is 1. The molecule has 1 aromatic heterocycles. The molecule has 8 nitrogen and oxygen atoms in total. The highest BCUT2D eigenvalue weighted by Gasteiger charge is 2.31. The zero-order chi connectivity index (χ0) is 24.6. The smallest absolute Gasteiger partial charge is 0.484 e. The number of rotatable bonds is 10. The maximum absolute atomic E-state index is 12.2. The molecule has 0 fully saturated rings. The third-order valence-electron chi connectivity index (χ3n) is 4.34. The van der Waals surface area contributed by atoms with Crippen LogP contribution in [0.1, 0.15) is 21.9 Å². The van der Waals surface area contributed by atoms with Crippen LogP contribution in [0.2, 0.25) is 5.02 Å². The monoisotopic (exact) mass is 496 g/mol. The minimum absolute atomic E-state index is 0.0242. The molecule has 1 heterocycles. The van der Waals surface area contributed by atoms with Gasteiger partial charge in [0, 0.05) is 11.6 Å². The second-order valence-electron chi connectivity index (χ2n) is 6.96. The van der Waals surface area contributed by atoms with Crippen LogP contribution in [0, 0.1) is 0 Å². The molecule has 3 aromatic rings. The van der Waals surface area contributed by atoms with E-state index < -0.39 is 18.0 Å². The molecule has 0 atom stereocenters. The Kier molecular flexibility index (Phi) is 8.36. The minimum Gasteiger partial charge on any atom is -0.484 e. The second-order valence-corrected chi connectivity index (χ2v) is 7.40. The number of ether oxygens (including phenoxy) is 2. The van der Waals surface area contributed by atoms with Crippen molar-refractivity contribution in [3.63, 3.8) is 0 Å². The average Bonchev–Trinajstić information content (AvgIpc) is 3.25. The van der Waals surface area contributed by atoms with E-state index in [-0.39, 0.29) is 30.5 Å². The molecule has 0 aliphatic rings. The van der Waals surface area contributed by atoms with Gasteiger partial charge in [0.2, 0.25) is 0 Å². The van der Waals surface area contributed by atoms with Crippen molar-refractivity contribution >= 4 is 23.4 Å². The van der Waals surface area contributed by atoms with Gasteiger partial charge in [-0.05, 0) is 48.4 Å². The average molecular weight is 497 g/mol. The molecule has 0 saturated carbocycles. The Labute approximate surface area is 197 Å². The van der Waals surface area contributed by atoms with Crippen LogP contribution in [0.5, 0.6) is 11.5 Å². The van der Waals surface area contributed by atoms with Crippen molar-refractivity contribution in [3.05, 3.63) is 76.8 Å². The van der Waals surface area contributed by atoms with Crippen molar-refractivity contribution in [2.45, 2.75) is 19.3 Å². The molecule has 0 radical (unpaired) electrons. The first kappa shape index (κ1) is 24.9. The number of halogens is 4. The summed E-state index contributed by atoms with van der Waals surface area (Å²) in [4.78, 5) is 31.0. The van der Waals surface area contributed by atoms with Crippen LogP contribution in [-0.4, -0.2) is 41.3 Å². The highest BCUT2D eigenvalue weighted by Crippen LogP contribution is 2.24. The predicted molar refractivity (Wildman–Crippen MR) is 117 cm³/mol. The lowest BCUT2D eigenvalue weighted by molar-refractivity contribution is -0.274. The number of nitrogens with zero attached hydrogens (tertiary/aromatic N) is 1. The first-order chi connectivity index (χ1) is 16.2. The Morgan fingerprint density at radius 2 is 1.79 bits per heavy atom. The van der Waals surface area contributed by atoms with Crippen LogP contribution in [0.3, 0.4) is 0 Å². The predicted octanol–water partition coefficient (Wildman–Crippen LogP) is 3.63. The molecule has 2 aromatic carbocycles. The maximum atomic E-state index is 12.2. The van der Waals surface area contributed by atoms with Gasteiger partial charge in [0.05, 0.1) is 12.7 Å². The Morgan fingerprint density at radius 3 is 2.50 bits per heavy atom. The summed E-state index contributed by atoms with van der Waals surface area (Å²) in [6, 6.07) is 12.0. The number of hydrogen-bond acceptors (Lipinski definition) is 5. The lowest BCUT2D eigenvalue weighted by Crippen LogP contribution is -2.29. The summed E-state index contributed by atoms with van der Waals surface area (Å²) in [6.45, 7) is 0.0677. The SMILES string of the molecule is O=C(COc1ccc(OC(F)(F)F)cc1)NCc1ncc(C(=O)NCCc2cccc(Cl)c2)[nH]1. The number of alkyl halides is 3. The lowest BCUT2D eigenvalue weighted by atomic mass is 10.1. The van der Waals surface area contributed by atoms with Gasteiger partial charge in [-0.15, -0.1) is 13.2 Å². The number of amides is 2. The standard InChI is InChI=1S/C22H20ClF3N4O4/c23-15-3-1-2-14(10-15)8-9-27-21(32)18-11-28-19(30-18)12-29-20(31)13-33-16-4-6-17(7-5-16)34-22(24,25)26/h1-7,10-11H,8-9,12-13H2,(H,27,32)(H,28,30)(H,29,31). The molecule has 0 aliphatic heterocycles. The number of imidazole rings is 1. The lowest BCUT2D eigenvalue weighted by Gasteiger charge is -2.10. The highest BCUT2D eigenvalue weighted by atomic mass is 35.5. The Bertz CT molecular complexity index is 1120. The summed E-state index contributed by atoms with van der Waals surface area (Å²) in [5, 5.41) is 5.95. The first-order valence-corrected chi connectivity index (χ1v) is 10.4. The fourth-order valence-electron chi connectivity index (χ4n) is 2.80. The summed E-state index contributed by atoms with van der Waals surface area (Å²) in [6.07, 6.45) is -2.82. The molecule has 0 spiro atoms. The molecule has 2 amide bonds. The van der Waals surface area contributed by atoms with Crippen molar-refractivity contribution in [3.8, 4) is 11.5 Å². The molecule has 0 unspecified atom stereocenters. The van der Waals surface area contributed by atoms with Crippen molar-refractivity contribution < 1.29 is 32.2 Å². The summed E-state index contributed by atoms with van der Waals surface area (Å²) < 4.78 is 45.4. The van der Waals surface area contributed by atoms with Gasteiger partial charge in [-0.25, -0.2) is 4.98 Å². The summed E-state index contributed by atoms with van der Waals surface area (Å²) in [5.41, 5.74) is 1.24. The quantitative estimate of drug-likeness (QED) is 0.397. The van der Waals surface area contributed by atoms with Crippen LogP contribution in [0.4, 0.5) is 13.2 Å². The third kappa shape index (κ3) is 8.32. The van der Waals surface area contributed by atoms with E-state index in [1.807, 2.05) is 18.2 Å². The number of H-pyrrole nitrogens is 1. The number of aromatic nitrogens is 2. The van der Waals surface area contributed by atoms with Crippen LogP contribution in [0.15, 0.2) is 54.7 Å². The van der Waals surface area contributed by atoms with Crippen LogP contribution in [0.25, 0.3) is 0 Å². The topological polar surface area (TPSA) is 105 Å². The minimum atomic E-state index is -4.79. The number of carbonyl (C=O) groups is 2. The van der Waals surface area contributed by atoms with Crippen molar-refractivity contribution in [1.29, 1.82) is 0 Å². The van der Waals surface area contributed by atoms with Crippen molar-refractivity contribution in [1.82, 2.24) is 20.6 Å². The van der Waals surface area contributed by atoms with E-state index >= 15 is 0 Å². The zero-order valence-electron chi connectivity index (χ0n) is 17.6. The van der Waals surface area contributed by atoms with E-state index in [4.69, 9.17) is 16.3 Å². The molecule has 12 heteroatoms. The van der Waals surface area contributed by atoms with E-state index in [2.05, 4.69) is 25.3 Å². The summed E-state index contributed by atoms with van der Waals surface area (Å²) >= 11 is 5.94. The van der Waals surface area contributed by atoms with Gasteiger partial charge in [0.15, 0.2) is 6.61 Å². The largest absolute Gasteiger partial charge is 0.573 e. The van der Waals surface area contributed by atoms with Crippen LogP contribution in [-0.2, 0) is 17.8 Å². The van der Waals surface area contributed by atoms with E-state index in [0.717, 1.165) is 17.7 Å². The fraction of sp³-hybridized carbons (Fsp3) is 0.227. The van der Waals surface area contributed by atoms with Gasteiger partial charge >= 0.3 is 6.36 Å². The van der Waals surface area contributed by atoms with E-state index in [1.54, 1.807) is 6.07 Å². The Balaban J connectivity index is 1.37. The van der Waals surface area contributed by atoms with Gasteiger partial charge < -0.3 is 25.1 Å². The molecule has 3 N–H and O–H groups in total. The summed E-state index contributed by atoms with van der Waals surface area (Å²) in [5.74, 6) is -0.666. The van der Waals surface area contributed by atoms with Gasteiger partial charge in [-0.1, -0.05) is 23.7 Å². The molecule has 34 heavy (non-hydrogen) atoms. The molecule has 0 bridgehead atoms. The molecule has 180 valence electrons. The molecular weight excluding hydrogens is 477 g/mol. The Morgan fingerprint density at radius 1 is 1.06 bits per heavy atom. The molecule has 3 rings (SSSR count). The zero-order valence-corrected chi connectivity index (χ0v) is 18.4. The Hall–Kier alpha value is -3.73. The number of hydrogen-bond donors (Lipinski definition) is 3. The summed E-state index contributed by atoms with van der Waals surface area (Å²) in [7, 11) is 0. The van der Waals surface area contributed by atoms with Crippen molar-refractivity contribution in [2.75, 3.05) is 13.2 Å². The van der Waals surface area contributed by atoms with Crippen molar-refractivity contribution in [2.24, 2.45) is 0 Å². The third-order valence-corrected chi connectivity index (χ3v) is 4.58. The van der Waals surface area contributed by atoms with Gasteiger partial charge in [0.1, 0.15) is 23.0 Å². The van der Waals surface area contributed by atoms with Gasteiger partial charge in [-0.2, -0.15) is 0 Å². The molecule has 0 saturated heterocycles. The van der Waals surface area contributed by atoms with E-state index in [9.17, 15) is 22.8 Å². The van der Waals surface area contributed by atoms with E-state index in [0.29, 0.717) is 23.8 Å². The fourth-order valence-corrected chi connectivity index (χ4v) is 3.01. The number of nitrogens with one attached hydrogen (secondary N) is 3. The first-order valence-electron chi connectivity index (χ1n) is 10.00. The number of benzene rings is 2.